The van der Waals surface area contributed by atoms with Gasteiger partial charge in [-0.15, -0.1) is 0 Å². The Morgan fingerprint density at radius 2 is 1.65 bits per heavy atom. The average molecular weight is 274 g/mol. The molecule has 1 aromatic rings. The lowest BCUT2D eigenvalue weighted by molar-refractivity contribution is -0.0344. The molecule has 106 valence electrons. The van der Waals surface area contributed by atoms with Crippen LogP contribution in [0.4, 0.5) is 0 Å². The van der Waals surface area contributed by atoms with Gasteiger partial charge in [0.05, 0.1) is 44.8 Å². The molecular formula is C15H18N2O3. The molecule has 20 heavy (non-hydrogen) atoms. The standard InChI is InChI=1S/C15H18N2O3/c16-8-4-10-18-12-15(19-11-5-9-17)13-20-14-6-2-1-3-7-14/h1-3,6-7,15H,4-5,10-13H2. The van der Waals surface area contributed by atoms with Crippen molar-refractivity contribution in [1.29, 1.82) is 10.5 Å². The maximum atomic E-state index is 8.50. The number of para-hydroxylation sites is 1. The number of rotatable bonds is 10. The first-order valence-corrected chi connectivity index (χ1v) is 6.48. The highest BCUT2D eigenvalue weighted by molar-refractivity contribution is 5.20. The van der Waals surface area contributed by atoms with Gasteiger partial charge in [0, 0.05) is 0 Å². The first kappa shape index (κ1) is 16.0. The molecule has 5 heteroatoms. The molecule has 0 heterocycles. The molecule has 0 aliphatic heterocycles. The van der Waals surface area contributed by atoms with Crippen LogP contribution in [0.3, 0.4) is 0 Å². The van der Waals surface area contributed by atoms with Crippen LogP contribution < -0.4 is 4.74 Å². The fraction of sp³-hybridized carbons (Fsp3) is 0.467. The topological polar surface area (TPSA) is 75.3 Å². The predicted octanol–water partition coefficient (Wildman–Crippen LogP) is 2.29. The molecule has 1 atom stereocenters. The van der Waals surface area contributed by atoms with Gasteiger partial charge in [0.15, 0.2) is 0 Å². The largest absolute Gasteiger partial charge is 0.491 e. The van der Waals surface area contributed by atoms with Crippen LogP contribution in [0.1, 0.15) is 12.8 Å². The molecule has 0 N–H and O–H groups in total. The Morgan fingerprint density at radius 3 is 2.35 bits per heavy atom. The zero-order valence-electron chi connectivity index (χ0n) is 11.3. The quantitative estimate of drug-likeness (QED) is 0.612. The van der Waals surface area contributed by atoms with Gasteiger partial charge in [-0.05, 0) is 12.1 Å². The third-order valence-electron chi connectivity index (χ3n) is 2.41. The highest BCUT2D eigenvalue weighted by Gasteiger charge is 2.10. The molecule has 0 saturated heterocycles. The summed E-state index contributed by atoms with van der Waals surface area (Å²) in [5, 5.41) is 16.9. The summed E-state index contributed by atoms with van der Waals surface area (Å²) in [6.07, 6.45) is 0.437. The second-order valence-electron chi connectivity index (χ2n) is 4.01. The summed E-state index contributed by atoms with van der Waals surface area (Å²) >= 11 is 0. The fourth-order valence-corrected chi connectivity index (χ4v) is 1.45. The molecule has 0 fully saturated rings. The lowest BCUT2D eigenvalue weighted by Gasteiger charge is -2.18. The zero-order chi connectivity index (χ0) is 14.5. The van der Waals surface area contributed by atoms with Gasteiger partial charge in [-0.25, -0.2) is 0 Å². The molecule has 0 aliphatic carbocycles. The lowest BCUT2D eigenvalue weighted by atomic mass is 10.3. The summed E-state index contributed by atoms with van der Waals surface area (Å²) in [6, 6.07) is 13.5. The number of ether oxygens (including phenoxy) is 3. The minimum Gasteiger partial charge on any atom is -0.491 e. The molecule has 1 aromatic carbocycles. The van der Waals surface area contributed by atoms with Crippen LogP contribution >= 0.6 is 0 Å². The SMILES string of the molecule is N#CCCOCC(COc1ccccc1)OCCC#N. The summed E-state index contributed by atoms with van der Waals surface area (Å²) in [4.78, 5) is 0. The minimum atomic E-state index is -0.248. The lowest BCUT2D eigenvalue weighted by Crippen LogP contribution is -2.28. The molecule has 5 nitrogen and oxygen atoms in total. The van der Waals surface area contributed by atoms with E-state index in [2.05, 4.69) is 0 Å². The Balaban J connectivity index is 2.33. The third kappa shape index (κ3) is 7.38. The number of nitriles is 2. The second kappa shape index (κ2) is 10.8. The van der Waals surface area contributed by atoms with Crippen LogP contribution in [0, 0.1) is 22.7 Å². The van der Waals surface area contributed by atoms with Crippen molar-refractivity contribution in [3.05, 3.63) is 30.3 Å². The number of hydrogen-bond donors (Lipinski definition) is 0. The first-order chi connectivity index (χ1) is 9.86. The van der Waals surface area contributed by atoms with E-state index in [1.54, 1.807) is 0 Å². The molecule has 1 rings (SSSR count). The van der Waals surface area contributed by atoms with Gasteiger partial charge in [-0.2, -0.15) is 10.5 Å². The van der Waals surface area contributed by atoms with Gasteiger partial charge in [-0.1, -0.05) is 18.2 Å². The molecule has 0 amide bonds. The minimum absolute atomic E-state index is 0.248. The van der Waals surface area contributed by atoms with E-state index in [1.807, 2.05) is 42.5 Å². The van der Waals surface area contributed by atoms with E-state index < -0.39 is 0 Å². The molecule has 0 aliphatic rings. The van der Waals surface area contributed by atoms with Crippen LogP contribution in [0.15, 0.2) is 30.3 Å². The molecule has 0 saturated carbocycles. The average Bonchev–Trinajstić information content (AvgIpc) is 2.49. The Morgan fingerprint density at radius 1 is 0.950 bits per heavy atom. The van der Waals surface area contributed by atoms with E-state index in [0.29, 0.717) is 39.3 Å². The number of hydrogen-bond acceptors (Lipinski definition) is 5. The summed E-state index contributed by atoms with van der Waals surface area (Å²) < 4.78 is 16.5. The molecule has 0 radical (unpaired) electrons. The van der Waals surface area contributed by atoms with Crippen LogP contribution in [0.25, 0.3) is 0 Å². The third-order valence-corrected chi connectivity index (χ3v) is 2.41. The van der Waals surface area contributed by atoms with Crippen molar-refractivity contribution in [2.24, 2.45) is 0 Å². The van der Waals surface area contributed by atoms with E-state index in [4.69, 9.17) is 24.7 Å². The van der Waals surface area contributed by atoms with E-state index in [1.165, 1.54) is 0 Å². The summed E-state index contributed by atoms with van der Waals surface area (Å²) in [6.45, 7) is 1.42. The second-order valence-corrected chi connectivity index (χ2v) is 4.01. The normalized spacial score (nSPS) is 11.3. The van der Waals surface area contributed by atoms with Crippen LogP contribution in [-0.4, -0.2) is 32.5 Å². The highest BCUT2D eigenvalue weighted by atomic mass is 16.6. The van der Waals surface area contributed by atoms with Gasteiger partial charge >= 0.3 is 0 Å². The molecule has 0 bridgehead atoms. The van der Waals surface area contributed by atoms with E-state index in [9.17, 15) is 0 Å². The van der Waals surface area contributed by atoms with Crippen molar-refractivity contribution < 1.29 is 14.2 Å². The highest BCUT2D eigenvalue weighted by Crippen LogP contribution is 2.09. The van der Waals surface area contributed by atoms with Crippen LogP contribution in [-0.2, 0) is 9.47 Å². The first-order valence-electron chi connectivity index (χ1n) is 6.48. The van der Waals surface area contributed by atoms with Crippen molar-refractivity contribution in [2.45, 2.75) is 18.9 Å². The van der Waals surface area contributed by atoms with E-state index in [-0.39, 0.29) is 6.10 Å². The van der Waals surface area contributed by atoms with Crippen molar-refractivity contribution in [3.63, 3.8) is 0 Å². The van der Waals surface area contributed by atoms with Crippen molar-refractivity contribution >= 4 is 0 Å². The van der Waals surface area contributed by atoms with E-state index >= 15 is 0 Å². The van der Waals surface area contributed by atoms with Gasteiger partial charge in [0.1, 0.15) is 18.5 Å². The zero-order valence-corrected chi connectivity index (χ0v) is 11.3. The Labute approximate surface area is 119 Å². The van der Waals surface area contributed by atoms with Crippen molar-refractivity contribution in [3.8, 4) is 17.9 Å². The summed E-state index contributed by atoms with van der Waals surface area (Å²) in [5.41, 5.74) is 0. The van der Waals surface area contributed by atoms with Gasteiger partial charge < -0.3 is 14.2 Å². The maximum absolute atomic E-state index is 8.50. The Bertz CT molecular complexity index is 437. The van der Waals surface area contributed by atoms with Crippen LogP contribution in [0.5, 0.6) is 5.75 Å². The van der Waals surface area contributed by atoms with Gasteiger partial charge in [-0.3, -0.25) is 0 Å². The maximum Gasteiger partial charge on any atom is 0.119 e. The van der Waals surface area contributed by atoms with Crippen molar-refractivity contribution in [2.75, 3.05) is 26.4 Å². The number of benzene rings is 1. The Hall–Kier alpha value is -2.08. The Kier molecular flexibility index (Phi) is 8.63. The monoisotopic (exact) mass is 274 g/mol. The predicted molar refractivity (Wildman–Crippen MR) is 73.0 cm³/mol. The smallest absolute Gasteiger partial charge is 0.119 e. The molecule has 0 spiro atoms. The van der Waals surface area contributed by atoms with E-state index in [0.717, 1.165) is 5.75 Å². The summed E-state index contributed by atoms with van der Waals surface area (Å²) in [7, 11) is 0. The van der Waals surface area contributed by atoms with Gasteiger partial charge in [0.25, 0.3) is 0 Å². The van der Waals surface area contributed by atoms with Crippen molar-refractivity contribution in [1.82, 2.24) is 0 Å². The molecule has 0 aromatic heterocycles. The molecule has 1 unspecified atom stereocenters. The van der Waals surface area contributed by atoms with Crippen LogP contribution in [0.2, 0.25) is 0 Å². The molecular weight excluding hydrogens is 256 g/mol. The van der Waals surface area contributed by atoms with Gasteiger partial charge in [0.2, 0.25) is 0 Å². The fourth-order valence-electron chi connectivity index (χ4n) is 1.45. The summed E-state index contributed by atoms with van der Waals surface area (Å²) in [5.74, 6) is 0.762. The number of nitrogens with zero attached hydrogens (tertiary/aromatic N) is 2.